The third-order valence-electron chi connectivity index (χ3n) is 3.92. The number of benzene rings is 1. The minimum absolute atomic E-state index is 0.131. The summed E-state index contributed by atoms with van der Waals surface area (Å²) in [6.07, 6.45) is 3.39. The molecule has 0 atom stereocenters. The van der Waals surface area contributed by atoms with E-state index in [1.807, 2.05) is 19.2 Å². The Balaban J connectivity index is 2.12. The monoisotopic (exact) mass is 360 g/mol. The van der Waals surface area contributed by atoms with Crippen LogP contribution in [0.5, 0.6) is 0 Å². The maximum atomic E-state index is 12.4. The molecule has 0 unspecified atom stereocenters. The summed E-state index contributed by atoms with van der Waals surface area (Å²) in [6.45, 7) is 3.36. The summed E-state index contributed by atoms with van der Waals surface area (Å²) in [4.78, 5) is 0.306. The van der Waals surface area contributed by atoms with Gasteiger partial charge in [0, 0.05) is 17.6 Å². The zero-order chi connectivity index (χ0) is 14.8. The third-order valence-corrected chi connectivity index (χ3v) is 6.29. The molecule has 20 heavy (non-hydrogen) atoms. The maximum Gasteiger partial charge on any atom is 0.241 e. The predicted molar refractivity (Wildman–Crippen MR) is 84.1 cm³/mol. The Kier molecular flexibility index (Phi) is 4.89. The summed E-state index contributed by atoms with van der Waals surface area (Å²) >= 11 is 3.36. The van der Waals surface area contributed by atoms with Crippen LogP contribution in [0.15, 0.2) is 27.6 Å². The molecule has 1 saturated carbocycles. The van der Waals surface area contributed by atoms with Crippen molar-refractivity contribution in [3.8, 4) is 0 Å². The molecule has 0 spiro atoms. The predicted octanol–water partition coefficient (Wildman–Crippen LogP) is 2.64. The number of hydrogen-bond donors (Lipinski definition) is 2. The van der Waals surface area contributed by atoms with E-state index in [-0.39, 0.29) is 5.41 Å². The molecular weight excluding hydrogens is 340 g/mol. The van der Waals surface area contributed by atoms with Gasteiger partial charge in [0.05, 0.1) is 4.90 Å². The first-order chi connectivity index (χ1) is 9.36. The second-order valence-corrected chi connectivity index (χ2v) is 8.37. The summed E-state index contributed by atoms with van der Waals surface area (Å²) in [5.41, 5.74) is 1.18. The Labute approximate surface area is 129 Å². The summed E-state index contributed by atoms with van der Waals surface area (Å²) in [5.74, 6) is 0. The van der Waals surface area contributed by atoms with Gasteiger partial charge in [-0.2, -0.15) is 0 Å². The van der Waals surface area contributed by atoms with Crippen molar-refractivity contribution < 1.29 is 8.42 Å². The van der Waals surface area contributed by atoms with Crippen LogP contribution >= 0.6 is 15.9 Å². The van der Waals surface area contributed by atoms with Gasteiger partial charge in [0.15, 0.2) is 0 Å². The van der Waals surface area contributed by atoms with Crippen LogP contribution in [-0.2, 0) is 16.6 Å². The maximum absolute atomic E-state index is 12.4. The van der Waals surface area contributed by atoms with Crippen LogP contribution in [0.1, 0.15) is 31.7 Å². The number of rotatable bonds is 6. The summed E-state index contributed by atoms with van der Waals surface area (Å²) in [7, 11) is -1.59. The van der Waals surface area contributed by atoms with Crippen molar-refractivity contribution in [3.63, 3.8) is 0 Å². The van der Waals surface area contributed by atoms with Crippen molar-refractivity contribution in [2.45, 2.75) is 37.6 Å². The Morgan fingerprint density at radius 2 is 2.05 bits per heavy atom. The fourth-order valence-corrected chi connectivity index (χ4v) is 4.70. The minimum Gasteiger partial charge on any atom is -0.316 e. The van der Waals surface area contributed by atoms with Crippen molar-refractivity contribution >= 4 is 26.0 Å². The summed E-state index contributed by atoms with van der Waals surface area (Å²) in [6, 6.07) is 5.33. The van der Waals surface area contributed by atoms with Gasteiger partial charge in [-0.25, -0.2) is 13.1 Å². The smallest absolute Gasteiger partial charge is 0.241 e. The van der Waals surface area contributed by atoms with E-state index in [1.165, 1.54) is 6.42 Å². The second kappa shape index (κ2) is 6.13. The number of halogens is 1. The fraction of sp³-hybridized carbons (Fsp3) is 0.571. The number of nitrogens with one attached hydrogen (secondary N) is 2. The number of hydrogen-bond acceptors (Lipinski definition) is 3. The lowest BCUT2D eigenvalue weighted by Gasteiger charge is -2.38. The molecule has 4 nitrogen and oxygen atoms in total. The molecule has 1 aromatic rings. The van der Waals surface area contributed by atoms with E-state index in [2.05, 4.69) is 32.9 Å². The van der Waals surface area contributed by atoms with Crippen molar-refractivity contribution in [3.05, 3.63) is 28.2 Å². The Morgan fingerprint density at radius 1 is 1.35 bits per heavy atom. The largest absolute Gasteiger partial charge is 0.316 e. The average molecular weight is 361 g/mol. The van der Waals surface area contributed by atoms with E-state index < -0.39 is 10.0 Å². The molecule has 2 N–H and O–H groups in total. The Morgan fingerprint density at radius 3 is 2.55 bits per heavy atom. The lowest BCUT2D eigenvalue weighted by atomic mass is 9.71. The first kappa shape index (κ1) is 15.9. The molecule has 0 radical (unpaired) electrons. The van der Waals surface area contributed by atoms with Crippen molar-refractivity contribution in [1.82, 2.24) is 10.0 Å². The summed E-state index contributed by atoms with van der Waals surface area (Å²) < 4.78 is 28.0. The third kappa shape index (κ3) is 3.61. The molecule has 1 aromatic carbocycles. The first-order valence-electron chi connectivity index (χ1n) is 6.79. The van der Waals surface area contributed by atoms with Crippen LogP contribution in [0, 0.1) is 5.41 Å². The molecule has 0 saturated heterocycles. The zero-order valence-corrected chi connectivity index (χ0v) is 14.3. The van der Waals surface area contributed by atoms with Gasteiger partial charge in [0.25, 0.3) is 0 Å². The first-order valence-corrected chi connectivity index (χ1v) is 9.07. The van der Waals surface area contributed by atoms with Gasteiger partial charge in [0.1, 0.15) is 0 Å². The van der Waals surface area contributed by atoms with E-state index in [9.17, 15) is 8.42 Å². The molecule has 1 aliphatic rings. The number of sulfonamides is 1. The summed E-state index contributed by atoms with van der Waals surface area (Å²) in [5, 5.41) is 3.04. The van der Waals surface area contributed by atoms with E-state index >= 15 is 0 Å². The SMILES string of the molecule is CNCc1ccc(S(=O)(=O)NCC2(C)CCC2)c(Br)c1. The van der Waals surface area contributed by atoms with Gasteiger partial charge in [-0.15, -0.1) is 0 Å². The van der Waals surface area contributed by atoms with Gasteiger partial charge in [0.2, 0.25) is 10.0 Å². The van der Waals surface area contributed by atoms with Gasteiger partial charge in [-0.1, -0.05) is 19.4 Å². The van der Waals surface area contributed by atoms with Crippen LogP contribution in [0.25, 0.3) is 0 Å². The van der Waals surface area contributed by atoms with Crippen LogP contribution in [0.2, 0.25) is 0 Å². The van der Waals surface area contributed by atoms with E-state index in [0.717, 1.165) is 18.4 Å². The van der Waals surface area contributed by atoms with Gasteiger partial charge in [-0.3, -0.25) is 0 Å². The van der Waals surface area contributed by atoms with Gasteiger partial charge < -0.3 is 5.32 Å². The molecule has 0 heterocycles. The molecule has 1 aliphatic carbocycles. The van der Waals surface area contributed by atoms with E-state index in [4.69, 9.17) is 0 Å². The molecule has 6 heteroatoms. The molecule has 0 bridgehead atoms. The van der Waals surface area contributed by atoms with Crippen molar-refractivity contribution in [2.75, 3.05) is 13.6 Å². The highest BCUT2D eigenvalue weighted by Crippen LogP contribution is 2.39. The molecule has 0 amide bonds. The zero-order valence-electron chi connectivity index (χ0n) is 11.9. The fourth-order valence-electron chi connectivity index (χ4n) is 2.38. The van der Waals surface area contributed by atoms with Gasteiger partial charge >= 0.3 is 0 Å². The normalized spacial score (nSPS) is 17.8. The molecule has 112 valence electrons. The highest BCUT2D eigenvalue weighted by molar-refractivity contribution is 9.10. The quantitative estimate of drug-likeness (QED) is 0.819. The second-order valence-electron chi connectivity index (χ2n) is 5.78. The molecule has 2 rings (SSSR count). The molecule has 0 aromatic heterocycles. The highest BCUT2D eigenvalue weighted by atomic mass is 79.9. The van der Waals surface area contributed by atoms with Crippen molar-refractivity contribution in [1.29, 1.82) is 0 Å². The van der Waals surface area contributed by atoms with Gasteiger partial charge in [-0.05, 0) is 58.9 Å². The molecule has 1 fully saturated rings. The van der Waals surface area contributed by atoms with Crippen LogP contribution in [-0.4, -0.2) is 22.0 Å². The highest BCUT2D eigenvalue weighted by Gasteiger charge is 2.33. The average Bonchev–Trinajstić information content (AvgIpc) is 2.34. The topological polar surface area (TPSA) is 58.2 Å². The van der Waals surface area contributed by atoms with Crippen molar-refractivity contribution in [2.24, 2.45) is 5.41 Å². The van der Waals surface area contributed by atoms with E-state index in [0.29, 0.717) is 22.5 Å². The standard InChI is InChI=1S/C14H21BrN2O2S/c1-14(6-3-7-14)10-17-20(18,19)13-5-4-11(9-16-2)8-12(13)15/h4-5,8,16-17H,3,6-7,9-10H2,1-2H3. The van der Waals surface area contributed by atoms with E-state index in [1.54, 1.807) is 6.07 Å². The molecular formula is C14H21BrN2O2S. The minimum atomic E-state index is -3.45. The van der Waals surface area contributed by atoms with Crippen LogP contribution in [0.4, 0.5) is 0 Å². The lowest BCUT2D eigenvalue weighted by molar-refractivity contribution is 0.166. The Bertz CT molecular complexity index is 583. The molecule has 0 aliphatic heterocycles. The van der Waals surface area contributed by atoms with Crippen LogP contribution in [0.3, 0.4) is 0 Å². The Hall–Kier alpha value is -0.430. The van der Waals surface area contributed by atoms with Crippen LogP contribution < -0.4 is 10.0 Å². The lowest BCUT2D eigenvalue weighted by Crippen LogP contribution is -2.40.